The highest BCUT2D eigenvalue weighted by atomic mass is 16.7. The third kappa shape index (κ3) is 3.08. The van der Waals surface area contributed by atoms with Gasteiger partial charge in [-0.3, -0.25) is 0 Å². The SMILES string of the molecule is CC(C)(C)OC(=O)n1ncc2c(B3OC(C)(C)C(C)(C)O3)c(O)ccc21. The second-order valence-corrected chi connectivity index (χ2v) is 8.56. The maximum absolute atomic E-state index is 12.4. The smallest absolute Gasteiger partial charge is 0.499 e. The summed E-state index contributed by atoms with van der Waals surface area (Å²) in [4.78, 5) is 12.4. The highest BCUT2D eigenvalue weighted by Gasteiger charge is 2.53. The Bertz CT molecular complexity index is 850. The number of phenols is 1. The summed E-state index contributed by atoms with van der Waals surface area (Å²) in [5, 5.41) is 15.2. The molecule has 0 aliphatic carbocycles. The van der Waals surface area contributed by atoms with Crippen LogP contribution in [0.2, 0.25) is 0 Å². The monoisotopic (exact) mass is 360 g/mol. The lowest BCUT2D eigenvalue weighted by atomic mass is 9.76. The van der Waals surface area contributed by atoms with Crippen molar-refractivity contribution < 1.29 is 23.9 Å². The summed E-state index contributed by atoms with van der Waals surface area (Å²) < 4.78 is 18.7. The third-order valence-electron chi connectivity index (χ3n) is 4.83. The Labute approximate surface area is 153 Å². The third-order valence-corrected chi connectivity index (χ3v) is 4.83. The van der Waals surface area contributed by atoms with Crippen LogP contribution >= 0.6 is 0 Å². The predicted octanol–water partition coefficient (Wildman–Crippen LogP) is 2.82. The normalized spacial score (nSPS) is 19.1. The van der Waals surface area contributed by atoms with Crippen molar-refractivity contribution >= 4 is 29.6 Å². The van der Waals surface area contributed by atoms with Gasteiger partial charge in [0, 0.05) is 10.8 Å². The van der Waals surface area contributed by atoms with Crippen molar-refractivity contribution in [1.29, 1.82) is 0 Å². The molecular weight excluding hydrogens is 335 g/mol. The molecule has 1 fully saturated rings. The summed E-state index contributed by atoms with van der Waals surface area (Å²) in [6.45, 7) is 13.1. The first-order valence-electron chi connectivity index (χ1n) is 8.61. The van der Waals surface area contributed by atoms with E-state index in [4.69, 9.17) is 14.0 Å². The van der Waals surface area contributed by atoms with E-state index >= 15 is 0 Å². The zero-order valence-electron chi connectivity index (χ0n) is 16.3. The average Bonchev–Trinajstić information content (AvgIpc) is 2.95. The van der Waals surface area contributed by atoms with E-state index in [1.807, 2.05) is 27.7 Å². The largest absolute Gasteiger partial charge is 0.508 e. The maximum Gasteiger partial charge on any atom is 0.499 e. The number of hydrogen-bond donors (Lipinski definition) is 1. The fourth-order valence-electron chi connectivity index (χ4n) is 2.77. The van der Waals surface area contributed by atoms with Crippen LogP contribution in [0.15, 0.2) is 18.3 Å². The number of benzene rings is 1. The van der Waals surface area contributed by atoms with Crippen LogP contribution in [0.1, 0.15) is 48.5 Å². The van der Waals surface area contributed by atoms with E-state index in [0.717, 1.165) is 0 Å². The van der Waals surface area contributed by atoms with Gasteiger partial charge in [0.1, 0.15) is 11.4 Å². The fraction of sp³-hybridized carbons (Fsp3) is 0.556. The Morgan fingerprint density at radius 2 is 1.77 bits per heavy atom. The molecule has 140 valence electrons. The molecule has 2 heterocycles. The van der Waals surface area contributed by atoms with Gasteiger partial charge in [0.15, 0.2) is 0 Å². The molecule has 0 bridgehead atoms. The van der Waals surface area contributed by atoms with Crippen LogP contribution in [0.3, 0.4) is 0 Å². The van der Waals surface area contributed by atoms with E-state index in [0.29, 0.717) is 16.4 Å². The van der Waals surface area contributed by atoms with E-state index in [1.165, 1.54) is 16.9 Å². The average molecular weight is 360 g/mol. The zero-order valence-corrected chi connectivity index (χ0v) is 16.3. The first-order valence-corrected chi connectivity index (χ1v) is 8.61. The molecule has 26 heavy (non-hydrogen) atoms. The molecule has 0 atom stereocenters. The number of aromatic nitrogens is 2. The molecule has 0 spiro atoms. The van der Waals surface area contributed by atoms with E-state index < -0.39 is 30.0 Å². The molecule has 0 amide bonds. The molecule has 1 aromatic heterocycles. The molecule has 1 aliphatic rings. The minimum Gasteiger partial charge on any atom is -0.508 e. The van der Waals surface area contributed by atoms with Crippen molar-refractivity contribution in [2.75, 3.05) is 0 Å². The summed E-state index contributed by atoms with van der Waals surface area (Å²) in [6, 6.07) is 3.13. The van der Waals surface area contributed by atoms with Gasteiger partial charge in [0.2, 0.25) is 0 Å². The lowest BCUT2D eigenvalue weighted by Gasteiger charge is -2.32. The van der Waals surface area contributed by atoms with Crippen LogP contribution in [-0.2, 0) is 14.0 Å². The van der Waals surface area contributed by atoms with Crippen LogP contribution in [0.4, 0.5) is 4.79 Å². The van der Waals surface area contributed by atoms with Gasteiger partial charge in [-0.1, -0.05) is 0 Å². The number of ether oxygens (including phenoxy) is 1. The number of carbonyl (C=O) groups is 1. The Hall–Kier alpha value is -2.06. The summed E-state index contributed by atoms with van der Waals surface area (Å²) in [7, 11) is -0.764. The summed E-state index contributed by atoms with van der Waals surface area (Å²) in [5.41, 5.74) is -0.764. The molecule has 1 aliphatic heterocycles. The van der Waals surface area contributed by atoms with Crippen LogP contribution in [0, 0.1) is 0 Å². The van der Waals surface area contributed by atoms with Crippen molar-refractivity contribution in [1.82, 2.24) is 9.78 Å². The van der Waals surface area contributed by atoms with E-state index in [-0.39, 0.29) is 5.75 Å². The van der Waals surface area contributed by atoms with Crippen molar-refractivity contribution in [3.8, 4) is 5.75 Å². The van der Waals surface area contributed by atoms with Gasteiger partial charge < -0.3 is 19.2 Å². The molecule has 1 aromatic carbocycles. The molecule has 1 saturated heterocycles. The van der Waals surface area contributed by atoms with Crippen LogP contribution < -0.4 is 5.46 Å². The Kier molecular flexibility index (Phi) is 4.12. The molecule has 1 N–H and O–H groups in total. The minimum atomic E-state index is -0.764. The maximum atomic E-state index is 12.4. The van der Waals surface area contributed by atoms with Crippen molar-refractivity contribution in [2.24, 2.45) is 0 Å². The topological polar surface area (TPSA) is 82.8 Å². The molecule has 0 radical (unpaired) electrons. The minimum absolute atomic E-state index is 0.0275. The van der Waals surface area contributed by atoms with Gasteiger partial charge in [-0.15, -0.1) is 0 Å². The van der Waals surface area contributed by atoms with Crippen molar-refractivity contribution in [3.63, 3.8) is 0 Å². The van der Waals surface area contributed by atoms with Gasteiger partial charge >= 0.3 is 13.2 Å². The quantitative estimate of drug-likeness (QED) is 0.788. The lowest BCUT2D eigenvalue weighted by molar-refractivity contribution is 0.00578. The van der Waals surface area contributed by atoms with Gasteiger partial charge in [-0.05, 0) is 60.6 Å². The molecule has 8 heteroatoms. The molecule has 0 unspecified atom stereocenters. The summed E-state index contributed by atoms with van der Waals surface area (Å²) in [6.07, 6.45) is 0.928. The van der Waals surface area contributed by atoms with Gasteiger partial charge in [0.25, 0.3) is 0 Å². The zero-order chi connectivity index (χ0) is 19.5. The first-order chi connectivity index (χ1) is 11.8. The predicted molar refractivity (Wildman–Crippen MR) is 98.7 cm³/mol. The van der Waals surface area contributed by atoms with Gasteiger partial charge in [-0.25, -0.2) is 4.79 Å². The molecule has 2 aromatic rings. The second kappa shape index (κ2) is 5.72. The highest BCUT2D eigenvalue weighted by molar-refractivity contribution is 6.66. The second-order valence-electron chi connectivity index (χ2n) is 8.56. The van der Waals surface area contributed by atoms with Crippen molar-refractivity contribution in [2.45, 2.75) is 65.3 Å². The van der Waals surface area contributed by atoms with E-state index in [9.17, 15) is 9.90 Å². The number of nitrogens with zero attached hydrogens (tertiary/aromatic N) is 2. The van der Waals surface area contributed by atoms with Crippen LogP contribution in [0.5, 0.6) is 5.75 Å². The van der Waals surface area contributed by atoms with E-state index in [2.05, 4.69) is 5.10 Å². The lowest BCUT2D eigenvalue weighted by Crippen LogP contribution is -2.41. The number of hydrogen-bond acceptors (Lipinski definition) is 6. The highest BCUT2D eigenvalue weighted by Crippen LogP contribution is 2.38. The fourth-order valence-corrected chi connectivity index (χ4v) is 2.77. The van der Waals surface area contributed by atoms with Gasteiger partial charge in [0.05, 0.1) is 22.9 Å². The molecular formula is C18H25BN2O5. The molecule has 0 saturated carbocycles. The van der Waals surface area contributed by atoms with Gasteiger partial charge in [-0.2, -0.15) is 9.78 Å². The van der Waals surface area contributed by atoms with Crippen LogP contribution in [0.25, 0.3) is 10.9 Å². The number of aromatic hydroxyl groups is 1. The number of carbonyl (C=O) groups excluding carboxylic acids is 1. The first kappa shape index (κ1) is 18.7. The Morgan fingerprint density at radius 1 is 1.19 bits per heavy atom. The number of phenolic OH excluding ortho intramolecular Hbond substituents is 1. The molecule has 3 rings (SSSR count). The molecule has 7 nitrogen and oxygen atoms in total. The van der Waals surface area contributed by atoms with E-state index in [1.54, 1.807) is 26.8 Å². The number of rotatable bonds is 1. The van der Waals surface area contributed by atoms with Crippen molar-refractivity contribution in [3.05, 3.63) is 18.3 Å². The summed E-state index contributed by atoms with van der Waals surface area (Å²) in [5.74, 6) is 0.0275. The Morgan fingerprint density at radius 3 is 2.31 bits per heavy atom. The standard InChI is InChI=1S/C18H25BN2O5/c1-16(2,3)24-15(23)21-12-8-9-13(22)14(11(12)10-20-21)19-25-17(4,5)18(6,7)26-19/h8-10,22H,1-7H3. The van der Waals surface area contributed by atoms with Crippen LogP contribution in [-0.4, -0.2) is 44.9 Å². The number of fused-ring (bicyclic) bond motifs is 1. The Balaban J connectivity index is 2.06. The summed E-state index contributed by atoms with van der Waals surface area (Å²) >= 11 is 0.